The van der Waals surface area contributed by atoms with Crippen LogP contribution in [0.15, 0.2) is 55.2 Å². The predicted octanol–water partition coefficient (Wildman–Crippen LogP) is 5.94. The molecular weight excluding hydrogens is 387 g/mol. The molecule has 0 aliphatic carbocycles. The van der Waals surface area contributed by atoms with E-state index in [1.807, 2.05) is 13.8 Å². The van der Waals surface area contributed by atoms with E-state index in [0.717, 1.165) is 22.5 Å². The van der Waals surface area contributed by atoms with E-state index in [-0.39, 0.29) is 0 Å². The zero-order valence-electron chi connectivity index (χ0n) is 15.0. The van der Waals surface area contributed by atoms with E-state index in [1.165, 1.54) is 17.5 Å². The lowest BCUT2D eigenvalue weighted by Gasteiger charge is -2.08. The van der Waals surface area contributed by atoms with Crippen LogP contribution in [0.5, 0.6) is 0 Å². The standard InChI is InChI=1S/C17H10F3N5S.C2H6/c18-17(19,20)12-5-11(7-22-8-12)10-1-2-13-14(6-10)26-16(24-13)25-15-9-21-3-4-23-15;1-2/h1-9H,(H,23,24,25);1-2H3. The number of halogens is 3. The summed E-state index contributed by atoms with van der Waals surface area (Å²) in [4.78, 5) is 16.2. The lowest BCUT2D eigenvalue weighted by molar-refractivity contribution is -0.137. The van der Waals surface area contributed by atoms with Gasteiger partial charge in [-0.2, -0.15) is 13.2 Å². The number of thiazole rings is 1. The number of hydrogen-bond donors (Lipinski definition) is 1. The average Bonchev–Trinajstić information content (AvgIpc) is 3.11. The van der Waals surface area contributed by atoms with E-state index >= 15 is 0 Å². The Morgan fingerprint density at radius 2 is 1.75 bits per heavy atom. The van der Waals surface area contributed by atoms with Gasteiger partial charge in [0.2, 0.25) is 0 Å². The summed E-state index contributed by atoms with van der Waals surface area (Å²) in [5.41, 5.74) is 1.01. The summed E-state index contributed by atoms with van der Waals surface area (Å²) in [6, 6.07) is 6.38. The molecule has 3 aromatic heterocycles. The molecule has 4 aromatic rings. The highest BCUT2D eigenvalue weighted by molar-refractivity contribution is 7.22. The van der Waals surface area contributed by atoms with E-state index < -0.39 is 11.7 Å². The largest absolute Gasteiger partial charge is 0.417 e. The van der Waals surface area contributed by atoms with E-state index in [9.17, 15) is 13.2 Å². The smallest absolute Gasteiger partial charge is 0.315 e. The highest BCUT2D eigenvalue weighted by atomic mass is 32.1. The van der Waals surface area contributed by atoms with Crippen LogP contribution < -0.4 is 5.32 Å². The van der Waals surface area contributed by atoms with Gasteiger partial charge in [0.1, 0.15) is 0 Å². The molecule has 1 aromatic carbocycles. The van der Waals surface area contributed by atoms with Gasteiger partial charge in [-0.1, -0.05) is 31.3 Å². The summed E-state index contributed by atoms with van der Waals surface area (Å²) in [7, 11) is 0. The van der Waals surface area contributed by atoms with Crippen molar-refractivity contribution in [2.24, 2.45) is 0 Å². The normalized spacial score (nSPS) is 11.0. The van der Waals surface area contributed by atoms with Crippen molar-refractivity contribution in [1.82, 2.24) is 19.9 Å². The van der Waals surface area contributed by atoms with Gasteiger partial charge in [0.05, 0.1) is 22.0 Å². The number of hydrogen-bond acceptors (Lipinski definition) is 6. The molecule has 0 saturated carbocycles. The topological polar surface area (TPSA) is 63.6 Å². The van der Waals surface area contributed by atoms with Gasteiger partial charge >= 0.3 is 6.18 Å². The molecule has 4 rings (SSSR count). The van der Waals surface area contributed by atoms with Crippen LogP contribution >= 0.6 is 11.3 Å². The first-order valence-electron chi connectivity index (χ1n) is 8.45. The van der Waals surface area contributed by atoms with Gasteiger partial charge in [-0.3, -0.25) is 9.97 Å². The second kappa shape index (κ2) is 8.30. The molecule has 0 bridgehead atoms. The third-order valence-corrected chi connectivity index (χ3v) is 4.52. The zero-order valence-corrected chi connectivity index (χ0v) is 15.8. The number of pyridine rings is 1. The Kier molecular flexibility index (Phi) is 5.84. The summed E-state index contributed by atoms with van der Waals surface area (Å²) in [5, 5.41) is 3.68. The second-order valence-electron chi connectivity index (χ2n) is 5.38. The molecule has 144 valence electrons. The highest BCUT2D eigenvalue weighted by Crippen LogP contribution is 2.34. The van der Waals surface area contributed by atoms with Crippen LogP contribution in [0, 0.1) is 0 Å². The first-order chi connectivity index (χ1) is 13.5. The fraction of sp³-hybridized carbons (Fsp3) is 0.158. The van der Waals surface area contributed by atoms with Crippen molar-refractivity contribution >= 4 is 32.5 Å². The van der Waals surface area contributed by atoms with E-state index in [1.54, 1.807) is 36.8 Å². The molecule has 0 unspecified atom stereocenters. The Hall–Kier alpha value is -3.07. The first-order valence-corrected chi connectivity index (χ1v) is 9.27. The van der Waals surface area contributed by atoms with Crippen LogP contribution in [-0.2, 0) is 6.18 Å². The predicted molar refractivity (Wildman–Crippen MR) is 105 cm³/mol. The van der Waals surface area contributed by atoms with Crippen molar-refractivity contribution in [3.05, 3.63) is 60.8 Å². The van der Waals surface area contributed by atoms with Gasteiger partial charge in [0.25, 0.3) is 0 Å². The van der Waals surface area contributed by atoms with Gasteiger partial charge in [-0.15, -0.1) is 0 Å². The van der Waals surface area contributed by atoms with Crippen molar-refractivity contribution in [2.45, 2.75) is 20.0 Å². The van der Waals surface area contributed by atoms with Crippen LogP contribution in [0.4, 0.5) is 24.1 Å². The number of nitrogens with zero attached hydrogens (tertiary/aromatic N) is 4. The molecule has 0 spiro atoms. The lowest BCUT2D eigenvalue weighted by atomic mass is 10.1. The van der Waals surface area contributed by atoms with Crippen LogP contribution in [0.2, 0.25) is 0 Å². The van der Waals surface area contributed by atoms with Crippen LogP contribution in [-0.4, -0.2) is 19.9 Å². The maximum Gasteiger partial charge on any atom is 0.417 e. The molecule has 3 heterocycles. The minimum absolute atomic E-state index is 0.401. The average molecular weight is 403 g/mol. The summed E-state index contributed by atoms with van der Waals surface area (Å²) in [6.45, 7) is 4.00. The minimum Gasteiger partial charge on any atom is -0.315 e. The van der Waals surface area contributed by atoms with Crippen LogP contribution in [0.3, 0.4) is 0 Å². The molecule has 1 N–H and O–H groups in total. The van der Waals surface area contributed by atoms with Gasteiger partial charge in [0.15, 0.2) is 10.9 Å². The molecule has 0 fully saturated rings. The molecule has 0 aliphatic rings. The van der Waals surface area contributed by atoms with Crippen molar-refractivity contribution < 1.29 is 13.2 Å². The minimum atomic E-state index is -4.43. The van der Waals surface area contributed by atoms with Crippen LogP contribution in [0.25, 0.3) is 21.3 Å². The molecule has 9 heteroatoms. The number of aromatic nitrogens is 4. The Labute approximate surface area is 163 Å². The SMILES string of the molecule is CC.FC(F)(F)c1cncc(-c2ccc3nc(Nc4cnccn4)sc3c2)c1. The quantitative estimate of drug-likeness (QED) is 0.459. The van der Waals surface area contributed by atoms with E-state index in [4.69, 9.17) is 0 Å². The summed E-state index contributed by atoms with van der Waals surface area (Å²) in [5.74, 6) is 0.564. The Morgan fingerprint density at radius 3 is 2.46 bits per heavy atom. The molecular formula is C19H16F3N5S. The third kappa shape index (κ3) is 4.42. The van der Waals surface area contributed by atoms with Gasteiger partial charge < -0.3 is 5.32 Å². The molecule has 0 atom stereocenters. The zero-order chi connectivity index (χ0) is 20.1. The van der Waals surface area contributed by atoms with Gasteiger partial charge in [0, 0.05) is 30.4 Å². The van der Waals surface area contributed by atoms with E-state index in [2.05, 4.69) is 25.3 Å². The molecule has 0 radical (unpaired) electrons. The second-order valence-corrected chi connectivity index (χ2v) is 6.41. The summed E-state index contributed by atoms with van der Waals surface area (Å²) >= 11 is 1.38. The van der Waals surface area contributed by atoms with Crippen molar-refractivity contribution in [3.8, 4) is 11.1 Å². The van der Waals surface area contributed by atoms with Crippen molar-refractivity contribution in [1.29, 1.82) is 0 Å². The summed E-state index contributed by atoms with van der Waals surface area (Å²) < 4.78 is 39.5. The van der Waals surface area contributed by atoms with Crippen molar-refractivity contribution in [2.75, 3.05) is 5.32 Å². The monoisotopic (exact) mass is 403 g/mol. The Morgan fingerprint density at radius 1 is 0.929 bits per heavy atom. The number of benzene rings is 1. The molecule has 0 amide bonds. The highest BCUT2D eigenvalue weighted by Gasteiger charge is 2.31. The van der Waals surface area contributed by atoms with Gasteiger partial charge in [-0.05, 0) is 23.8 Å². The number of anilines is 2. The fourth-order valence-electron chi connectivity index (χ4n) is 2.38. The maximum absolute atomic E-state index is 12.9. The first kappa shape index (κ1) is 19.7. The van der Waals surface area contributed by atoms with Crippen LogP contribution in [0.1, 0.15) is 19.4 Å². The number of fused-ring (bicyclic) bond motifs is 1. The van der Waals surface area contributed by atoms with Crippen molar-refractivity contribution in [3.63, 3.8) is 0 Å². The lowest BCUT2D eigenvalue weighted by Crippen LogP contribution is -2.05. The Bertz CT molecular complexity index is 1060. The van der Waals surface area contributed by atoms with Gasteiger partial charge in [-0.25, -0.2) is 9.97 Å². The number of nitrogens with one attached hydrogen (secondary N) is 1. The molecule has 28 heavy (non-hydrogen) atoms. The third-order valence-electron chi connectivity index (χ3n) is 3.59. The maximum atomic E-state index is 12.9. The fourth-order valence-corrected chi connectivity index (χ4v) is 3.30. The number of rotatable bonds is 3. The molecule has 0 aliphatic heterocycles. The Balaban J connectivity index is 0.00000109. The number of alkyl halides is 3. The molecule has 0 saturated heterocycles. The molecule has 5 nitrogen and oxygen atoms in total. The summed E-state index contributed by atoms with van der Waals surface area (Å²) in [6.07, 6.45) is 2.51. The van der Waals surface area contributed by atoms with E-state index in [0.29, 0.717) is 22.1 Å².